The predicted molar refractivity (Wildman–Crippen MR) is 104 cm³/mol. The molecule has 1 amide bonds. The first-order valence-corrected chi connectivity index (χ1v) is 7.75. The summed E-state index contributed by atoms with van der Waals surface area (Å²) in [5.41, 5.74) is 1.52. The highest BCUT2D eigenvalue weighted by Crippen LogP contribution is 2.18. The van der Waals surface area contributed by atoms with Crippen molar-refractivity contribution in [3.05, 3.63) is 35.4 Å². The van der Waals surface area contributed by atoms with Gasteiger partial charge in [-0.3, -0.25) is 9.79 Å². The molecule has 0 saturated carbocycles. The van der Waals surface area contributed by atoms with E-state index in [9.17, 15) is 18.0 Å². The van der Waals surface area contributed by atoms with E-state index in [0.29, 0.717) is 31.0 Å². The first-order chi connectivity index (χ1) is 11.4. The summed E-state index contributed by atoms with van der Waals surface area (Å²) in [6, 6.07) is 7.19. The molecule has 1 rings (SSSR count). The molecular weight excluding hydrogens is 448 g/mol. The Morgan fingerprint density at radius 1 is 1.24 bits per heavy atom. The van der Waals surface area contributed by atoms with Crippen molar-refractivity contribution in [1.29, 1.82) is 0 Å². The molecule has 0 bridgehead atoms. The van der Waals surface area contributed by atoms with E-state index in [1.165, 1.54) is 0 Å². The molecule has 0 spiro atoms. The topological polar surface area (TPSA) is 65.5 Å². The molecule has 0 aliphatic rings. The molecule has 3 N–H and O–H groups in total. The van der Waals surface area contributed by atoms with Crippen molar-refractivity contribution in [1.82, 2.24) is 16.0 Å². The van der Waals surface area contributed by atoms with Gasteiger partial charge in [0.1, 0.15) is 0 Å². The van der Waals surface area contributed by atoms with Gasteiger partial charge in [0, 0.05) is 25.7 Å². The highest BCUT2D eigenvalue weighted by atomic mass is 127. The molecule has 1 aromatic rings. The van der Waals surface area contributed by atoms with Crippen LogP contribution in [0.5, 0.6) is 0 Å². The third kappa shape index (κ3) is 10.1. The number of hydrogen-bond acceptors (Lipinski definition) is 2. The van der Waals surface area contributed by atoms with Crippen LogP contribution in [0.1, 0.15) is 29.3 Å². The van der Waals surface area contributed by atoms with Crippen LogP contribution >= 0.6 is 24.0 Å². The van der Waals surface area contributed by atoms with Gasteiger partial charge in [-0.1, -0.05) is 12.1 Å². The van der Waals surface area contributed by atoms with Crippen molar-refractivity contribution in [3.8, 4) is 0 Å². The van der Waals surface area contributed by atoms with Gasteiger partial charge in [0.05, 0.1) is 13.0 Å². The fourth-order valence-electron chi connectivity index (χ4n) is 1.97. The van der Waals surface area contributed by atoms with Crippen molar-refractivity contribution in [2.75, 3.05) is 26.7 Å². The van der Waals surface area contributed by atoms with Crippen molar-refractivity contribution >= 4 is 35.8 Å². The average molecular weight is 472 g/mol. The van der Waals surface area contributed by atoms with Gasteiger partial charge in [0.15, 0.2) is 5.96 Å². The van der Waals surface area contributed by atoms with E-state index in [0.717, 1.165) is 5.56 Å². The van der Waals surface area contributed by atoms with Crippen LogP contribution in [0.25, 0.3) is 0 Å². The zero-order valence-corrected chi connectivity index (χ0v) is 16.6. The Morgan fingerprint density at radius 2 is 1.96 bits per heavy atom. The summed E-state index contributed by atoms with van der Waals surface area (Å²) in [6.45, 7) is 2.58. The minimum atomic E-state index is -4.21. The van der Waals surface area contributed by atoms with E-state index >= 15 is 0 Å². The molecule has 0 radical (unpaired) electrons. The Kier molecular flexibility index (Phi) is 11.2. The number of nitrogens with one attached hydrogen (secondary N) is 3. The molecule has 0 fully saturated rings. The van der Waals surface area contributed by atoms with Gasteiger partial charge < -0.3 is 16.0 Å². The van der Waals surface area contributed by atoms with Crippen LogP contribution in [0.15, 0.2) is 29.3 Å². The molecule has 0 aliphatic carbocycles. The van der Waals surface area contributed by atoms with Crippen LogP contribution in [-0.4, -0.2) is 44.7 Å². The number of halogens is 4. The lowest BCUT2D eigenvalue weighted by Crippen LogP contribution is -2.38. The molecular formula is C16H24F3IN4O. The maximum Gasteiger partial charge on any atom is 0.390 e. The summed E-state index contributed by atoms with van der Waals surface area (Å²) >= 11 is 0. The fourth-order valence-corrected chi connectivity index (χ4v) is 1.97. The highest BCUT2D eigenvalue weighted by Gasteiger charge is 2.26. The van der Waals surface area contributed by atoms with Crippen LogP contribution in [0.4, 0.5) is 13.2 Å². The summed E-state index contributed by atoms with van der Waals surface area (Å²) in [4.78, 5) is 15.5. The van der Waals surface area contributed by atoms with E-state index < -0.39 is 12.6 Å². The number of benzene rings is 1. The second-order valence-electron chi connectivity index (χ2n) is 5.08. The molecule has 1 aromatic carbocycles. The minimum absolute atomic E-state index is 0. The second kappa shape index (κ2) is 11.9. The SMILES string of the molecule is CCNC(=NCCC(F)(F)F)NCCc1cccc(C(=O)NC)c1.I. The number of carbonyl (C=O) groups excluding carboxylic acids is 1. The number of nitrogens with zero attached hydrogens (tertiary/aromatic N) is 1. The Balaban J connectivity index is 0.00000576. The van der Waals surface area contributed by atoms with Crippen molar-refractivity contribution in [3.63, 3.8) is 0 Å². The summed E-state index contributed by atoms with van der Waals surface area (Å²) in [6.07, 6.45) is -4.53. The number of alkyl halides is 3. The zero-order valence-electron chi connectivity index (χ0n) is 14.2. The summed E-state index contributed by atoms with van der Waals surface area (Å²) < 4.78 is 36.5. The third-order valence-electron chi connectivity index (χ3n) is 3.13. The maximum absolute atomic E-state index is 12.2. The Morgan fingerprint density at radius 3 is 2.56 bits per heavy atom. The van der Waals surface area contributed by atoms with E-state index in [-0.39, 0.29) is 36.4 Å². The Labute approximate surface area is 162 Å². The Hall–Kier alpha value is -1.52. The first-order valence-electron chi connectivity index (χ1n) is 7.75. The lowest BCUT2D eigenvalue weighted by atomic mass is 10.1. The van der Waals surface area contributed by atoms with Gasteiger partial charge in [0.2, 0.25) is 0 Å². The average Bonchev–Trinajstić information content (AvgIpc) is 2.53. The third-order valence-corrected chi connectivity index (χ3v) is 3.13. The lowest BCUT2D eigenvalue weighted by molar-refractivity contribution is -0.132. The number of carbonyl (C=O) groups is 1. The van der Waals surface area contributed by atoms with Crippen LogP contribution in [-0.2, 0) is 6.42 Å². The van der Waals surface area contributed by atoms with Crippen LogP contribution in [0.2, 0.25) is 0 Å². The molecule has 0 atom stereocenters. The zero-order chi connectivity index (χ0) is 18.0. The largest absolute Gasteiger partial charge is 0.390 e. The monoisotopic (exact) mass is 472 g/mol. The Bertz CT molecular complexity index is 565. The van der Waals surface area contributed by atoms with E-state index in [1.807, 2.05) is 13.0 Å². The van der Waals surface area contributed by atoms with Gasteiger partial charge in [-0.2, -0.15) is 13.2 Å². The molecule has 9 heteroatoms. The van der Waals surface area contributed by atoms with E-state index in [1.54, 1.807) is 25.2 Å². The van der Waals surface area contributed by atoms with E-state index in [2.05, 4.69) is 20.9 Å². The van der Waals surface area contributed by atoms with Crippen molar-refractivity contribution in [2.24, 2.45) is 4.99 Å². The molecule has 142 valence electrons. The van der Waals surface area contributed by atoms with E-state index in [4.69, 9.17) is 0 Å². The molecule has 0 heterocycles. The lowest BCUT2D eigenvalue weighted by Gasteiger charge is -2.12. The minimum Gasteiger partial charge on any atom is -0.357 e. The number of hydrogen-bond donors (Lipinski definition) is 3. The molecule has 0 unspecified atom stereocenters. The molecule has 0 aliphatic heterocycles. The molecule has 0 aromatic heterocycles. The van der Waals surface area contributed by atoms with Gasteiger partial charge >= 0.3 is 6.18 Å². The normalized spacial score (nSPS) is 11.5. The maximum atomic E-state index is 12.2. The van der Waals surface area contributed by atoms with Gasteiger partial charge in [-0.05, 0) is 31.0 Å². The number of rotatable bonds is 7. The summed E-state index contributed by atoms with van der Waals surface area (Å²) in [5.74, 6) is 0.191. The van der Waals surface area contributed by atoms with Crippen molar-refractivity contribution in [2.45, 2.75) is 25.9 Å². The molecule has 0 saturated heterocycles. The van der Waals surface area contributed by atoms with Gasteiger partial charge in [-0.25, -0.2) is 0 Å². The summed E-state index contributed by atoms with van der Waals surface area (Å²) in [5, 5.41) is 8.45. The van der Waals surface area contributed by atoms with Gasteiger partial charge in [-0.15, -0.1) is 24.0 Å². The smallest absolute Gasteiger partial charge is 0.357 e. The first kappa shape index (κ1) is 23.5. The number of amides is 1. The van der Waals surface area contributed by atoms with Crippen molar-refractivity contribution < 1.29 is 18.0 Å². The van der Waals surface area contributed by atoms with Crippen LogP contribution in [0, 0.1) is 0 Å². The highest BCUT2D eigenvalue weighted by molar-refractivity contribution is 14.0. The van der Waals surface area contributed by atoms with Crippen LogP contribution in [0.3, 0.4) is 0 Å². The predicted octanol–water partition coefficient (Wildman–Crippen LogP) is 2.71. The van der Waals surface area contributed by atoms with Crippen LogP contribution < -0.4 is 16.0 Å². The second-order valence-corrected chi connectivity index (χ2v) is 5.08. The molecule has 5 nitrogen and oxygen atoms in total. The fraction of sp³-hybridized carbons (Fsp3) is 0.500. The quantitative estimate of drug-likeness (QED) is 0.325. The standard InChI is InChI=1S/C16H23F3N4O.HI/c1-3-21-15(23-10-8-16(17,18)19)22-9-7-12-5-4-6-13(11-12)14(24)20-2;/h4-6,11H,3,7-10H2,1-2H3,(H,20,24)(H2,21,22,23);1H. The summed E-state index contributed by atoms with van der Waals surface area (Å²) in [7, 11) is 1.57. The number of aliphatic imine (C=N–C) groups is 1. The number of guanidine groups is 1. The van der Waals surface area contributed by atoms with Gasteiger partial charge in [0.25, 0.3) is 5.91 Å². The molecule has 25 heavy (non-hydrogen) atoms.